The molecule has 1 aromatic heterocycles. The van der Waals surface area contributed by atoms with Crippen LogP contribution in [0.15, 0.2) is 34.9 Å². The minimum absolute atomic E-state index is 0.423. The second kappa shape index (κ2) is 7.53. The SMILES string of the molecule is Cc1cc(Cl)ccc1OCc1cc(CNCC(C)C)co1. The van der Waals surface area contributed by atoms with Crippen LogP contribution in [0.4, 0.5) is 0 Å². The van der Waals surface area contributed by atoms with Crippen LogP contribution < -0.4 is 10.1 Å². The van der Waals surface area contributed by atoms with Gasteiger partial charge in [-0.15, -0.1) is 0 Å². The van der Waals surface area contributed by atoms with Crippen molar-refractivity contribution in [1.29, 1.82) is 0 Å². The Morgan fingerprint density at radius 2 is 2.10 bits per heavy atom. The summed E-state index contributed by atoms with van der Waals surface area (Å²) in [4.78, 5) is 0. The first-order chi connectivity index (χ1) is 10.0. The Kier molecular flexibility index (Phi) is 5.71. The summed E-state index contributed by atoms with van der Waals surface area (Å²) in [7, 11) is 0. The van der Waals surface area contributed by atoms with Crippen molar-refractivity contribution in [3.05, 3.63) is 52.4 Å². The van der Waals surface area contributed by atoms with Gasteiger partial charge in [-0.05, 0) is 49.2 Å². The lowest BCUT2D eigenvalue weighted by atomic mass is 10.2. The lowest BCUT2D eigenvalue weighted by molar-refractivity contribution is 0.268. The molecule has 1 N–H and O–H groups in total. The molecule has 4 heteroatoms. The van der Waals surface area contributed by atoms with Gasteiger partial charge in [-0.3, -0.25) is 0 Å². The summed E-state index contributed by atoms with van der Waals surface area (Å²) in [5.41, 5.74) is 2.16. The van der Waals surface area contributed by atoms with E-state index >= 15 is 0 Å². The number of aryl methyl sites for hydroxylation is 1. The Bertz CT molecular complexity index is 578. The van der Waals surface area contributed by atoms with Gasteiger partial charge in [0.1, 0.15) is 18.1 Å². The van der Waals surface area contributed by atoms with E-state index in [0.717, 1.165) is 40.7 Å². The van der Waals surface area contributed by atoms with Crippen molar-refractivity contribution >= 4 is 11.6 Å². The first-order valence-corrected chi connectivity index (χ1v) is 7.58. The molecule has 1 aromatic carbocycles. The van der Waals surface area contributed by atoms with Gasteiger partial charge >= 0.3 is 0 Å². The van der Waals surface area contributed by atoms with E-state index in [1.165, 1.54) is 0 Å². The second-order valence-electron chi connectivity index (χ2n) is 5.64. The maximum Gasteiger partial charge on any atom is 0.146 e. The van der Waals surface area contributed by atoms with Crippen LogP contribution >= 0.6 is 11.6 Å². The van der Waals surface area contributed by atoms with Gasteiger partial charge in [-0.2, -0.15) is 0 Å². The molecule has 0 saturated heterocycles. The van der Waals surface area contributed by atoms with E-state index in [1.807, 2.05) is 31.2 Å². The number of benzene rings is 1. The summed E-state index contributed by atoms with van der Waals surface area (Å²) >= 11 is 5.93. The maximum atomic E-state index is 5.93. The molecule has 2 rings (SSSR count). The van der Waals surface area contributed by atoms with Crippen molar-refractivity contribution in [3.8, 4) is 5.75 Å². The third kappa shape index (κ3) is 5.10. The Labute approximate surface area is 131 Å². The van der Waals surface area contributed by atoms with Gasteiger partial charge in [-0.25, -0.2) is 0 Å². The molecule has 0 fully saturated rings. The quantitative estimate of drug-likeness (QED) is 0.814. The van der Waals surface area contributed by atoms with E-state index in [2.05, 4.69) is 19.2 Å². The van der Waals surface area contributed by atoms with Crippen molar-refractivity contribution in [2.75, 3.05) is 6.54 Å². The number of hydrogen-bond acceptors (Lipinski definition) is 3. The average Bonchev–Trinajstić information content (AvgIpc) is 2.85. The number of ether oxygens (including phenoxy) is 1. The topological polar surface area (TPSA) is 34.4 Å². The molecule has 0 bridgehead atoms. The van der Waals surface area contributed by atoms with Crippen LogP contribution in [0.5, 0.6) is 5.75 Å². The van der Waals surface area contributed by atoms with Crippen molar-refractivity contribution in [2.24, 2.45) is 5.92 Å². The fourth-order valence-corrected chi connectivity index (χ4v) is 2.25. The van der Waals surface area contributed by atoms with Crippen LogP contribution in [0.1, 0.15) is 30.7 Å². The molecule has 0 aliphatic carbocycles. The van der Waals surface area contributed by atoms with E-state index in [4.69, 9.17) is 20.8 Å². The zero-order valence-corrected chi connectivity index (χ0v) is 13.5. The molecular formula is C17H22ClNO2. The summed E-state index contributed by atoms with van der Waals surface area (Å²) in [6.45, 7) is 8.60. The number of hydrogen-bond donors (Lipinski definition) is 1. The molecule has 3 nitrogen and oxygen atoms in total. The predicted molar refractivity (Wildman–Crippen MR) is 85.8 cm³/mol. The van der Waals surface area contributed by atoms with Crippen LogP contribution in [0.2, 0.25) is 5.02 Å². The predicted octanol–water partition coefficient (Wildman–Crippen LogP) is 4.57. The smallest absolute Gasteiger partial charge is 0.146 e. The largest absolute Gasteiger partial charge is 0.485 e. The first-order valence-electron chi connectivity index (χ1n) is 7.20. The van der Waals surface area contributed by atoms with E-state index in [9.17, 15) is 0 Å². The molecule has 2 aromatic rings. The molecule has 114 valence electrons. The highest BCUT2D eigenvalue weighted by molar-refractivity contribution is 6.30. The van der Waals surface area contributed by atoms with E-state index in [-0.39, 0.29) is 0 Å². The fourth-order valence-electron chi connectivity index (χ4n) is 2.02. The van der Waals surface area contributed by atoms with Gasteiger partial charge in [0, 0.05) is 17.1 Å². The molecule has 0 amide bonds. The highest BCUT2D eigenvalue weighted by Crippen LogP contribution is 2.23. The van der Waals surface area contributed by atoms with Crippen molar-refractivity contribution in [3.63, 3.8) is 0 Å². The van der Waals surface area contributed by atoms with Crippen molar-refractivity contribution in [2.45, 2.75) is 33.9 Å². The van der Waals surface area contributed by atoms with Gasteiger partial charge in [0.2, 0.25) is 0 Å². The van der Waals surface area contributed by atoms with Crippen molar-refractivity contribution < 1.29 is 9.15 Å². The average molecular weight is 308 g/mol. The molecule has 0 spiro atoms. The van der Waals surface area contributed by atoms with Crippen LogP contribution in [0.25, 0.3) is 0 Å². The molecule has 0 aliphatic heterocycles. The highest BCUT2D eigenvalue weighted by Gasteiger charge is 2.05. The monoisotopic (exact) mass is 307 g/mol. The van der Waals surface area contributed by atoms with Gasteiger partial charge in [0.05, 0.1) is 6.26 Å². The number of furan rings is 1. The Morgan fingerprint density at radius 3 is 2.81 bits per heavy atom. The van der Waals surface area contributed by atoms with E-state index in [1.54, 1.807) is 6.26 Å². The van der Waals surface area contributed by atoms with Gasteiger partial charge in [-0.1, -0.05) is 25.4 Å². The third-order valence-electron chi connectivity index (χ3n) is 3.10. The molecule has 0 aliphatic rings. The Balaban J connectivity index is 1.85. The van der Waals surface area contributed by atoms with E-state index in [0.29, 0.717) is 12.5 Å². The molecule has 0 unspecified atom stereocenters. The van der Waals surface area contributed by atoms with Crippen molar-refractivity contribution in [1.82, 2.24) is 5.32 Å². The fraction of sp³-hybridized carbons (Fsp3) is 0.412. The second-order valence-corrected chi connectivity index (χ2v) is 6.08. The summed E-state index contributed by atoms with van der Waals surface area (Å²) in [6, 6.07) is 7.62. The lowest BCUT2D eigenvalue weighted by Gasteiger charge is -2.07. The van der Waals surface area contributed by atoms with Crippen LogP contribution in [0.3, 0.4) is 0 Å². The minimum atomic E-state index is 0.423. The van der Waals surface area contributed by atoms with Crippen LogP contribution in [-0.4, -0.2) is 6.54 Å². The number of halogens is 1. The third-order valence-corrected chi connectivity index (χ3v) is 3.33. The zero-order valence-electron chi connectivity index (χ0n) is 12.8. The Morgan fingerprint density at radius 1 is 1.29 bits per heavy atom. The van der Waals surface area contributed by atoms with Gasteiger partial charge in [0.25, 0.3) is 0 Å². The zero-order chi connectivity index (χ0) is 15.2. The van der Waals surface area contributed by atoms with Gasteiger partial charge < -0.3 is 14.5 Å². The lowest BCUT2D eigenvalue weighted by Crippen LogP contribution is -2.18. The highest BCUT2D eigenvalue weighted by atomic mass is 35.5. The van der Waals surface area contributed by atoms with Crippen LogP contribution in [0, 0.1) is 12.8 Å². The molecule has 0 saturated carbocycles. The maximum absolute atomic E-state index is 5.93. The molecule has 21 heavy (non-hydrogen) atoms. The molecule has 0 radical (unpaired) electrons. The Hall–Kier alpha value is -1.45. The van der Waals surface area contributed by atoms with Crippen LogP contribution in [-0.2, 0) is 13.2 Å². The normalized spacial score (nSPS) is 11.1. The summed E-state index contributed by atoms with van der Waals surface area (Å²) in [5.74, 6) is 2.30. The minimum Gasteiger partial charge on any atom is -0.485 e. The number of nitrogens with one attached hydrogen (secondary N) is 1. The first kappa shape index (κ1) is 15.9. The molecule has 1 heterocycles. The van der Waals surface area contributed by atoms with E-state index < -0.39 is 0 Å². The standard InChI is InChI=1S/C17H22ClNO2/c1-12(2)8-19-9-14-7-16(20-10-14)11-21-17-5-4-15(18)6-13(17)3/h4-7,10,12,19H,8-9,11H2,1-3H3. The van der Waals surface area contributed by atoms with Gasteiger partial charge in [0.15, 0.2) is 0 Å². The molecular weight excluding hydrogens is 286 g/mol. The summed E-state index contributed by atoms with van der Waals surface area (Å²) in [5, 5.41) is 4.11. The summed E-state index contributed by atoms with van der Waals surface area (Å²) < 4.78 is 11.3. The summed E-state index contributed by atoms with van der Waals surface area (Å²) in [6.07, 6.45) is 1.78. The number of rotatable bonds is 7. The molecule has 0 atom stereocenters.